The Labute approximate surface area is 176 Å². The highest BCUT2D eigenvalue weighted by molar-refractivity contribution is 7.90. The fourth-order valence-electron chi connectivity index (χ4n) is 3.82. The predicted octanol–water partition coefficient (Wildman–Crippen LogP) is 2.98. The quantitative estimate of drug-likeness (QED) is 0.643. The third-order valence-electron chi connectivity index (χ3n) is 5.65. The second-order valence-corrected chi connectivity index (χ2v) is 9.75. The van der Waals surface area contributed by atoms with E-state index in [1.54, 1.807) is 23.1 Å². The van der Waals surface area contributed by atoms with Crippen molar-refractivity contribution in [1.29, 1.82) is 0 Å². The molecule has 1 amide bonds. The minimum Gasteiger partial charge on any atom is -0.292 e. The predicted molar refractivity (Wildman–Crippen MR) is 115 cm³/mol. The van der Waals surface area contributed by atoms with E-state index in [1.807, 2.05) is 43.8 Å². The van der Waals surface area contributed by atoms with E-state index >= 15 is 0 Å². The molecular weight excluding hydrogens is 400 g/mol. The largest absolute Gasteiger partial charge is 0.292 e. The molecule has 0 bridgehead atoms. The van der Waals surface area contributed by atoms with Crippen LogP contribution < -0.4 is 4.90 Å². The SMILES string of the molecule is Cc1nn(C)c(C)c1CN1C(=O)CCc2ccc(-c3cccc(S(C)(=O)=O)c3)nc21. The third-order valence-corrected chi connectivity index (χ3v) is 6.76. The molecule has 1 aliphatic rings. The van der Waals surface area contributed by atoms with E-state index in [0.29, 0.717) is 36.5 Å². The number of amides is 1. The van der Waals surface area contributed by atoms with Crippen molar-refractivity contribution in [2.75, 3.05) is 11.2 Å². The second-order valence-electron chi connectivity index (χ2n) is 7.73. The number of sulfone groups is 1. The second kappa shape index (κ2) is 7.36. The van der Waals surface area contributed by atoms with Crippen LogP contribution in [0.3, 0.4) is 0 Å². The summed E-state index contributed by atoms with van der Waals surface area (Å²) in [5.41, 5.74) is 5.28. The number of hydrogen-bond donors (Lipinski definition) is 0. The average molecular weight is 425 g/mol. The maximum absolute atomic E-state index is 12.8. The van der Waals surface area contributed by atoms with Crippen LogP contribution in [0.4, 0.5) is 5.82 Å². The highest BCUT2D eigenvalue weighted by Gasteiger charge is 2.28. The molecule has 3 aromatic rings. The first-order valence-corrected chi connectivity index (χ1v) is 11.6. The zero-order chi connectivity index (χ0) is 21.6. The third kappa shape index (κ3) is 3.63. The molecule has 4 rings (SSSR count). The molecule has 0 saturated carbocycles. The normalized spacial score (nSPS) is 14.1. The molecule has 0 radical (unpaired) electrons. The van der Waals surface area contributed by atoms with Crippen LogP contribution in [-0.4, -0.2) is 35.3 Å². The van der Waals surface area contributed by atoms with Crippen molar-refractivity contribution >= 4 is 21.6 Å². The average Bonchev–Trinajstić information content (AvgIpc) is 2.95. The number of rotatable bonds is 4. The molecule has 0 N–H and O–H groups in total. The fraction of sp³-hybridized carbons (Fsp3) is 0.318. The molecule has 0 spiro atoms. The molecule has 0 fully saturated rings. The summed E-state index contributed by atoms with van der Waals surface area (Å²) in [6, 6.07) is 10.6. The summed E-state index contributed by atoms with van der Waals surface area (Å²) in [5, 5.41) is 4.46. The lowest BCUT2D eigenvalue weighted by Gasteiger charge is -2.29. The lowest BCUT2D eigenvalue weighted by molar-refractivity contribution is -0.119. The van der Waals surface area contributed by atoms with Gasteiger partial charge < -0.3 is 0 Å². The van der Waals surface area contributed by atoms with Crippen LogP contribution in [0.15, 0.2) is 41.3 Å². The van der Waals surface area contributed by atoms with Crippen LogP contribution in [-0.2, 0) is 34.6 Å². The van der Waals surface area contributed by atoms with Gasteiger partial charge >= 0.3 is 0 Å². The molecule has 8 heteroatoms. The Morgan fingerprint density at radius 3 is 2.53 bits per heavy atom. The molecule has 3 heterocycles. The highest BCUT2D eigenvalue weighted by Crippen LogP contribution is 2.32. The Morgan fingerprint density at radius 2 is 1.87 bits per heavy atom. The molecular formula is C22H24N4O3S. The number of hydrogen-bond acceptors (Lipinski definition) is 5. The first kappa shape index (κ1) is 20.3. The number of carbonyl (C=O) groups excluding carboxylic acids is 1. The Morgan fingerprint density at radius 1 is 1.10 bits per heavy atom. The van der Waals surface area contributed by atoms with E-state index in [0.717, 1.165) is 22.5 Å². The first-order valence-electron chi connectivity index (χ1n) is 9.75. The molecule has 30 heavy (non-hydrogen) atoms. The van der Waals surface area contributed by atoms with Gasteiger partial charge in [-0.15, -0.1) is 0 Å². The molecule has 2 aromatic heterocycles. The summed E-state index contributed by atoms with van der Waals surface area (Å²) in [5.74, 6) is 0.663. The van der Waals surface area contributed by atoms with Crippen LogP contribution in [0.2, 0.25) is 0 Å². The van der Waals surface area contributed by atoms with Gasteiger partial charge in [-0.25, -0.2) is 13.4 Å². The smallest absolute Gasteiger partial charge is 0.228 e. The number of anilines is 1. The van der Waals surface area contributed by atoms with Gasteiger partial charge in [-0.2, -0.15) is 5.10 Å². The van der Waals surface area contributed by atoms with Crippen LogP contribution in [0.1, 0.15) is 28.9 Å². The van der Waals surface area contributed by atoms with Crippen molar-refractivity contribution in [1.82, 2.24) is 14.8 Å². The molecule has 0 unspecified atom stereocenters. The molecule has 1 aromatic carbocycles. The van der Waals surface area contributed by atoms with Gasteiger partial charge in [0.2, 0.25) is 5.91 Å². The minimum absolute atomic E-state index is 0.0275. The summed E-state index contributed by atoms with van der Waals surface area (Å²) >= 11 is 0. The summed E-state index contributed by atoms with van der Waals surface area (Å²) in [7, 11) is -1.43. The highest BCUT2D eigenvalue weighted by atomic mass is 32.2. The summed E-state index contributed by atoms with van der Waals surface area (Å²) < 4.78 is 25.7. The van der Waals surface area contributed by atoms with Gasteiger partial charge in [0.15, 0.2) is 9.84 Å². The first-order chi connectivity index (χ1) is 14.1. The van der Waals surface area contributed by atoms with Crippen molar-refractivity contribution in [2.24, 2.45) is 7.05 Å². The van der Waals surface area contributed by atoms with Crippen molar-refractivity contribution in [3.8, 4) is 11.3 Å². The van der Waals surface area contributed by atoms with Gasteiger partial charge in [0.25, 0.3) is 0 Å². The van der Waals surface area contributed by atoms with Gasteiger partial charge in [0, 0.05) is 36.5 Å². The van der Waals surface area contributed by atoms with Crippen molar-refractivity contribution < 1.29 is 13.2 Å². The van der Waals surface area contributed by atoms with Gasteiger partial charge in [0.05, 0.1) is 22.8 Å². The number of fused-ring (bicyclic) bond motifs is 1. The molecule has 0 saturated heterocycles. The molecule has 0 atom stereocenters. The van der Waals surface area contributed by atoms with E-state index in [4.69, 9.17) is 4.98 Å². The number of aromatic nitrogens is 3. The zero-order valence-electron chi connectivity index (χ0n) is 17.5. The van der Waals surface area contributed by atoms with Gasteiger partial charge in [-0.05, 0) is 44.0 Å². The Hall–Kier alpha value is -3.00. The fourth-order valence-corrected chi connectivity index (χ4v) is 4.48. The zero-order valence-corrected chi connectivity index (χ0v) is 18.3. The molecule has 156 valence electrons. The maximum Gasteiger partial charge on any atom is 0.228 e. The van der Waals surface area contributed by atoms with Crippen LogP contribution in [0.5, 0.6) is 0 Å². The summed E-state index contributed by atoms with van der Waals surface area (Å²) in [6.45, 7) is 4.35. The molecule has 0 aliphatic carbocycles. The summed E-state index contributed by atoms with van der Waals surface area (Å²) in [6.07, 6.45) is 2.27. The lowest BCUT2D eigenvalue weighted by Crippen LogP contribution is -2.35. The standard InChI is InChI=1S/C22H24N4O3S/c1-14-19(15(2)25(3)24-14)13-26-21(27)11-9-16-8-10-20(23-22(16)26)17-6-5-7-18(12-17)30(4,28)29/h5-8,10,12H,9,11,13H2,1-4H3. The van der Waals surface area contributed by atoms with Crippen LogP contribution in [0, 0.1) is 13.8 Å². The van der Waals surface area contributed by atoms with Crippen molar-refractivity contribution in [3.05, 3.63) is 58.9 Å². The topological polar surface area (TPSA) is 85.2 Å². The van der Waals surface area contributed by atoms with E-state index in [9.17, 15) is 13.2 Å². The van der Waals surface area contributed by atoms with Gasteiger partial charge in [0.1, 0.15) is 5.82 Å². The maximum atomic E-state index is 12.8. The monoisotopic (exact) mass is 424 g/mol. The molecule has 1 aliphatic heterocycles. The molecule has 7 nitrogen and oxygen atoms in total. The minimum atomic E-state index is -3.32. The Bertz CT molecular complexity index is 1260. The van der Waals surface area contributed by atoms with Gasteiger partial charge in [-0.3, -0.25) is 14.4 Å². The number of pyridine rings is 1. The van der Waals surface area contributed by atoms with E-state index < -0.39 is 9.84 Å². The number of carbonyl (C=O) groups is 1. The van der Waals surface area contributed by atoms with Crippen LogP contribution in [0.25, 0.3) is 11.3 Å². The van der Waals surface area contributed by atoms with E-state index in [-0.39, 0.29) is 10.8 Å². The number of benzene rings is 1. The van der Waals surface area contributed by atoms with Gasteiger partial charge in [-0.1, -0.05) is 18.2 Å². The summed E-state index contributed by atoms with van der Waals surface area (Å²) in [4.78, 5) is 19.6. The van der Waals surface area contributed by atoms with E-state index in [1.165, 1.54) is 6.26 Å². The van der Waals surface area contributed by atoms with E-state index in [2.05, 4.69) is 5.10 Å². The lowest BCUT2D eigenvalue weighted by atomic mass is 10.0. The van der Waals surface area contributed by atoms with Crippen molar-refractivity contribution in [3.63, 3.8) is 0 Å². The Kier molecular flexibility index (Phi) is 4.97. The number of nitrogens with zero attached hydrogens (tertiary/aromatic N) is 4. The van der Waals surface area contributed by atoms with Crippen molar-refractivity contribution in [2.45, 2.75) is 38.1 Å². The number of aryl methyl sites for hydroxylation is 3. The Balaban J connectivity index is 1.77. The van der Waals surface area contributed by atoms with Crippen LogP contribution >= 0.6 is 0 Å².